The van der Waals surface area contributed by atoms with Crippen molar-refractivity contribution in [1.29, 1.82) is 5.26 Å². The first kappa shape index (κ1) is 24.2. The van der Waals surface area contributed by atoms with Crippen LogP contribution in [0.25, 0.3) is 0 Å². The Balaban J connectivity index is 0.00000158. The number of nitrogens with one attached hydrogen (secondary N) is 1. The summed E-state index contributed by atoms with van der Waals surface area (Å²) in [6.45, 7) is 10.0. The first-order valence-corrected chi connectivity index (χ1v) is 9.54. The monoisotopic (exact) mass is 367 g/mol. The van der Waals surface area contributed by atoms with E-state index in [9.17, 15) is 10.1 Å². The molecule has 0 saturated heterocycles. The summed E-state index contributed by atoms with van der Waals surface area (Å²) in [5, 5.41) is 12.6. The molecule has 1 unspecified atom stereocenters. The number of amides is 1. The molecule has 146 valence electrons. The van der Waals surface area contributed by atoms with Crippen molar-refractivity contribution in [1.82, 2.24) is 4.90 Å². The molecule has 0 aromatic heterocycles. The van der Waals surface area contributed by atoms with Gasteiger partial charge in [-0.25, -0.2) is 0 Å². The van der Waals surface area contributed by atoms with Crippen molar-refractivity contribution in [3.8, 4) is 6.07 Å². The predicted molar refractivity (Wildman–Crippen MR) is 115 cm³/mol. The first-order valence-electron chi connectivity index (χ1n) is 9.54. The van der Waals surface area contributed by atoms with Crippen LogP contribution in [-0.4, -0.2) is 30.9 Å². The summed E-state index contributed by atoms with van der Waals surface area (Å²) in [6.07, 6.45) is 0.467. The van der Waals surface area contributed by atoms with E-state index in [1.807, 2.05) is 77.1 Å². The molecule has 0 aliphatic rings. The molecule has 2 rings (SSSR count). The zero-order valence-electron chi connectivity index (χ0n) is 17.7. The number of carbonyl (C=O) groups excluding carboxylic acids is 1. The van der Waals surface area contributed by atoms with Crippen molar-refractivity contribution in [3.63, 3.8) is 0 Å². The third-order valence-corrected chi connectivity index (χ3v) is 3.78. The highest BCUT2D eigenvalue weighted by molar-refractivity contribution is 5.85. The lowest BCUT2D eigenvalue weighted by atomic mass is 9.99. The van der Waals surface area contributed by atoms with Gasteiger partial charge in [-0.2, -0.15) is 5.26 Å². The minimum Gasteiger partial charge on any atom is -0.373 e. The van der Waals surface area contributed by atoms with Crippen molar-refractivity contribution in [3.05, 3.63) is 65.2 Å². The molecular formula is C23H33N3O. The first-order chi connectivity index (χ1) is 13.0. The maximum absolute atomic E-state index is 12.5. The summed E-state index contributed by atoms with van der Waals surface area (Å²) < 4.78 is 0. The zero-order chi connectivity index (χ0) is 20.8. The number of nitrogens with zero attached hydrogens (tertiary/aromatic N) is 2. The van der Waals surface area contributed by atoms with E-state index < -0.39 is 6.04 Å². The molecule has 0 fully saturated rings. The number of rotatable bonds is 5. The van der Waals surface area contributed by atoms with Gasteiger partial charge in [0.25, 0.3) is 0 Å². The van der Waals surface area contributed by atoms with Crippen LogP contribution in [0.3, 0.4) is 0 Å². The van der Waals surface area contributed by atoms with Crippen LogP contribution in [0.15, 0.2) is 48.5 Å². The lowest BCUT2D eigenvalue weighted by Crippen LogP contribution is -2.40. The molecule has 2 aromatic carbocycles. The number of carbonyl (C=O) groups is 1. The number of hydrogen-bond donors (Lipinski definition) is 1. The Morgan fingerprint density at radius 1 is 1.04 bits per heavy atom. The second-order valence-corrected chi connectivity index (χ2v) is 5.72. The van der Waals surface area contributed by atoms with Crippen LogP contribution in [-0.2, 0) is 11.2 Å². The number of para-hydroxylation sites is 1. The van der Waals surface area contributed by atoms with E-state index in [1.54, 1.807) is 25.1 Å². The molecular weight excluding hydrogens is 334 g/mol. The van der Waals surface area contributed by atoms with Gasteiger partial charge in [-0.15, -0.1) is 0 Å². The highest BCUT2D eigenvalue weighted by atomic mass is 16.2. The number of anilines is 1. The minimum atomic E-state index is -0.416. The molecule has 0 aliphatic heterocycles. The molecule has 0 bridgehead atoms. The standard InChI is InChI=1S/C19H21N3O.2C2H6/c1-14-8-4-7-11-17(14)21-18(19(23)22(2)3)12-15-9-5-6-10-16(15)13-20;2*1-2/h4-11,18,21H,12H2,1-3H3;2*1-2H3. The molecule has 1 N–H and O–H groups in total. The Morgan fingerprint density at radius 2 is 1.59 bits per heavy atom. The smallest absolute Gasteiger partial charge is 0.244 e. The molecule has 0 aliphatic carbocycles. The molecule has 0 saturated carbocycles. The summed E-state index contributed by atoms with van der Waals surface area (Å²) in [6, 6.07) is 17.0. The summed E-state index contributed by atoms with van der Waals surface area (Å²) in [7, 11) is 3.48. The minimum absolute atomic E-state index is 0.0130. The molecule has 4 nitrogen and oxygen atoms in total. The van der Waals surface area contributed by atoms with Crippen molar-refractivity contribution >= 4 is 11.6 Å². The maximum Gasteiger partial charge on any atom is 0.244 e. The number of benzene rings is 2. The molecule has 1 atom stereocenters. The van der Waals surface area contributed by atoms with Gasteiger partial charge in [-0.1, -0.05) is 64.1 Å². The summed E-state index contributed by atoms with van der Waals surface area (Å²) >= 11 is 0. The number of likely N-dealkylation sites (N-methyl/N-ethyl adjacent to an activating group) is 1. The van der Waals surface area contributed by atoms with E-state index in [0.29, 0.717) is 12.0 Å². The third-order valence-electron chi connectivity index (χ3n) is 3.78. The van der Waals surface area contributed by atoms with Gasteiger partial charge in [0.1, 0.15) is 6.04 Å². The Bertz CT molecular complexity index is 732. The Morgan fingerprint density at radius 3 is 2.15 bits per heavy atom. The average molecular weight is 368 g/mol. The fourth-order valence-corrected chi connectivity index (χ4v) is 2.46. The van der Waals surface area contributed by atoms with Crippen LogP contribution in [0.4, 0.5) is 5.69 Å². The second kappa shape index (κ2) is 13.4. The lowest BCUT2D eigenvalue weighted by molar-refractivity contribution is -0.129. The van der Waals surface area contributed by atoms with Crippen LogP contribution in [0.2, 0.25) is 0 Å². The van der Waals surface area contributed by atoms with Crippen molar-refractivity contribution in [2.75, 3.05) is 19.4 Å². The van der Waals surface area contributed by atoms with Crippen LogP contribution in [0.5, 0.6) is 0 Å². The largest absolute Gasteiger partial charge is 0.373 e. The van der Waals surface area contributed by atoms with Crippen molar-refractivity contribution < 1.29 is 4.79 Å². The topological polar surface area (TPSA) is 56.1 Å². The Labute approximate surface area is 164 Å². The molecule has 0 spiro atoms. The van der Waals surface area contributed by atoms with Gasteiger partial charge in [0, 0.05) is 26.2 Å². The molecule has 4 heteroatoms. The van der Waals surface area contributed by atoms with Gasteiger partial charge in [-0.3, -0.25) is 4.79 Å². The van der Waals surface area contributed by atoms with Gasteiger partial charge >= 0.3 is 0 Å². The predicted octanol–water partition coefficient (Wildman–Crippen LogP) is 5.03. The Kier molecular flexibility index (Phi) is 12.0. The highest BCUT2D eigenvalue weighted by Gasteiger charge is 2.22. The molecule has 0 radical (unpaired) electrons. The maximum atomic E-state index is 12.5. The van der Waals surface area contributed by atoms with E-state index in [-0.39, 0.29) is 5.91 Å². The Hall–Kier alpha value is -2.80. The third kappa shape index (κ3) is 7.53. The van der Waals surface area contributed by atoms with Gasteiger partial charge in [0.05, 0.1) is 11.6 Å². The van der Waals surface area contributed by atoms with Gasteiger partial charge < -0.3 is 10.2 Å². The van der Waals surface area contributed by atoms with E-state index in [1.165, 1.54) is 0 Å². The summed E-state index contributed by atoms with van der Waals surface area (Å²) in [5.74, 6) is -0.0130. The fraction of sp³-hybridized carbons (Fsp3) is 0.391. The molecule has 0 heterocycles. The summed E-state index contributed by atoms with van der Waals surface area (Å²) in [5.41, 5.74) is 3.49. The van der Waals surface area contributed by atoms with Gasteiger partial charge in [0.2, 0.25) is 5.91 Å². The van der Waals surface area contributed by atoms with E-state index in [2.05, 4.69) is 11.4 Å². The van der Waals surface area contributed by atoms with E-state index >= 15 is 0 Å². The second-order valence-electron chi connectivity index (χ2n) is 5.72. The normalized spacial score (nSPS) is 10.1. The van der Waals surface area contributed by atoms with E-state index in [4.69, 9.17) is 0 Å². The summed E-state index contributed by atoms with van der Waals surface area (Å²) in [4.78, 5) is 14.1. The van der Waals surface area contributed by atoms with Crippen LogP contribution < -0.4 is 5.32 Å². The van der Waals surface area contributed by atoms with Crippen molar-refractivity contribution in [2.24, 2.45) is 0 Å². The zero-order valence-corrected chi connectivity index (χ0v) is 17.7. The van der Waals surface area contributed by atoms with Gasteiger partial charge in [0.15, 0.2) is 0 Å². The molecule has 2 aromatic rings. The van der Waals surface area contributed by atoms with Gasteiger partial charge in [-0.05, 0) is 30.2 Å². The molecule has 1 amide bonds. The molecule has 27 heavy (non-hydrogen) atoms. The lowest BCUT2D eigenvalue weighted by Gasteiger charge is -2.24. The van der Waals surface area contributed by atoms with Crippen LogP contribution >= 0.6 is 0 Å². The van der Waals surface area contributed by atoms with Crippen LogP contribution in [0, 0.1) is 18.3 Å². The van der Waals surface area contributed by atoms with E-state index in [0.717, 1.165) is 16.8 Å². The number of nitriles is 1. The van der Waals surface area contributed by atoms with Crippen LogP contribution in [0.1, 0.15) is 44.4 Å². The number of hydrogen-bond acceptors (Lipinski definition) is 3. The average Bonchev–Trinajstić information content (AvgIpc) is 2.71. The quantitative estimate of drug-likeness (QED) is 0.806. The SMILES string of the molecule is CC.CC.Cc1ccccc1NC(Cc1ccccc1C#N)C(=O)N(C)C. The number of aryl methyl sites for hydroxylation is 1. The highest BCUT2D eigenvalue weighted by Crippen LogP contribution is 2.18. The fourth-order valence-electron chi connectivity index (χ4n) is 2.46. The van der Waals surface area contributed by atoms with Crippen molar-refractivity contribution in [2.45, 2.75) is 47.1 Å².